The van der Waals surface area contributed by atoms with Gasteiger partial charge in [-0.1, -0.05) is 48.0 Å². The minimum atomic E-state index is -0.529. The second-order valence-electron chi connectivity index (χ2n) is 5.52. The number of likely N-dealkylation sites (N-methyl/N-ethyl adjacent to an activating group) is 1. The summed E-state index contributed by atoms with van der Waals surface area (Å²) in [7, 11) is 1.58. The number of nitrogens with one attached hydrogen (secondary N) is 1. The van der Waals surface area contributed by atoms with Gasteiger partial charge in [-0.3, -0.25) is 9.59 Å². The number of hydrogen-bond acceptors (Lipinski definition) is 2. The van der Waals surface area contributed by atoms with Crippen LogP contribution in [0.3, 0.4) is 0 Å². The zero-order chi connectivity index (χ0) is 16.4. The van der Waals surface area contributed by atoms with Crippen molar-refractivity contribution in [2.24, 2.45) is 0 Å². The van der Waals surface area contributed by atoms with E-state index in [0.29, 0.717) is 23.6 Å². The molecule has 118 valence electrons. The van der Waals surface area contributed by atoms with E-state index in [1.54, 1.807) is 36.2 Å². The number of carbonyl (C=O) groups excluding carboxylic acids is 2. The van der Waals surface area contributed by atoms with Crippen LogP contribution in [-0.4, -0.2) is 29.8 Å². The van der Waals surface area contributed by atoms with Crippen molar-refractivity contribution in [3.8, 4) is 0 Å². The molecule has 1 atom stereocenters. The molecule has 0 aliphatic carbocycles. The SMILES string of the molecule is CNC(=O)C1Cc2ccccc2CN1C(=O)c1ccccc1Cl. The maximum absolute atomic E-state index is 12.9. The third-order valence-electron chi connectivity index (χ3n) is 4.16. The monoisotopic (exact) mass is 328 g/mol. The number of fused-ring (bicyclic) bond motifs is 1. The molecule has 4 nitrogen and oxygen atoms in total. The van der Waals surface area contributed by atoms with Crippen molar-refractivity contribution in [2.45, 2.75) is 19.0 Å². The minimum Gasteiger partial charge on any atom is -0.357 e. The second-order valence-corrected chi connectivity index (χ2v) is 5.92. The van der Waals surface area contributed by atoms with Gasteiger partial charge in [0.25, 0.3) is 5.91 Å². The molecule has 2 aromatic carbocycles. The van der Waals surface area contributed by atoms with Gasteiger partial charge in [0.05, 0.1) is 10.6 Å². The summed E-state index contributed by atoms with van der Waals surface area (Å²) in [6, 6.07) is 14.3. The molecule has 0 spiro atoms. The van der Waals surface area contributed by atoms with Crippen LogP contribution < -0.4 is 5.32 Å². The van der Waals surface area contributed by atoms with E-state index < -0.39 is 6.04 Å². The zero-order valence-electron chi connectivity index (χ0n) is 12.8. The van der Waals surface area contributed by atoms with Crippen molar-refractivity contribution in [1.29, 1.82) is 0 Å². The Hall–Kier alpha value is -2.33. The molecule has 1 aliphatic heterocycles. The molecule has 2 amide bonds. The molecular formula is C18H17ClN2O2. The molecule has 0 saturated heterocycles. The smallest absolute Gasteiger partial charge is 0.256 e. The predicted octanol–water partition coefficient (Wildman–Crippen LogP) is 2.65. The molecule has 0 saturated carbocycles. The van der Waals surface area contributed by atoms with Crippen LogP contribution in [0.1, 0.15) is 21.5 Å². The minimum absolute atomic E-state index is 0.167. The van der Waals surface area contributed by atoms with E-state index in [2.05, 4.69) is 5.32 Å². The van der Waals surface area contributed by atoms with Crippen LogP contribution in [0.25, 0.3) is 0 Å². The van der Waals surface area contributed by atoms with E-state index in [1.807, 2.05) is 24.3 Å². The number of rotatable bonds is 2. The van der Waals surface area contributed by atoms with Crippen molar-refractivity contribution in [1.82, 2.24) is 10.2 Å². The highest BCUT2D eigenvalue weighted by Gasteiger charge is 2.34. The third kappa shape index (κ3) is 2.94. The van der Waals surface area contributed by atoms with E-state index >= 15 is 0 Å². The summed E-state index contributed by atoms with van der Waals surface area (Å²) in [5.41, 5.74) is 2.58. The van der Waals surface area contributed by atoms with E-state index in [4.69, 9.17) is 11.6 Å². The number of benzene rings is 2. The molecular weight excluding hydrogens is 312 g/mol. The van der Waals surface area contributed by atoms with Crippen molar-refractivity contribution in [3.05, 3.63) is 70.2 Å². The Morgan fingerprint density at radius 3 is 2.43 bits per heavy atom. The van der Waals surface area contributed by atoms with Crippen LogP contribution in [0.5, 0.6) is 0 Å². The molecule has 1 unspecified atom stereocenters. The highest BCUT2D eigenvalue weighted by atomic mass is 35.5. The largest absolute Gasteiger partial charge is 0.357 e. The number of amides is 2. The molecule has 5 heteroatoms. The van der Waals surface area contributed by atoms with Gasteiger partial charge in [0.2, 0.25) is 5.91 Å². The molecule has 0 radical (unpaired) electrons. The Balaban J connectivity index is 1.99. The first-order valence-corrected chi connectivity index (χ1v) is 7.83. The molecule has 0 fully saturated rings. The standard InChI is InChI=1S/C18H17ClN2O2/c1-20-17(22)16-10-12-6-2-3-7-13(12)11-21(16)18(23)14-8-4-5-9-15(14)19/h2-9,16H,10-11H2,1H3,(H,20,22). The second kappa shape index (κ2) is 6.42. The normalized spacial score (nSPS) is 16.6. The van der Waals surface area contributed by atoms with Crippen LogP contribution in [0.4, 0.5) is 0 Å². The average Bonchev–Trinajstić information content (AvgIpc) is 2.59. The van der Waals surface area contributed by atoms with E-state index in [0.717, 1.165) is 11.1 Å². The topological polar surface area (TPSA) is 49.4 Å². The molecule has 1 N–H and O–H groups in total. The van der Waals surface area contributed by atoms with E-state index in [1.165, 1.54) is 0 Å². The van der Waals surface area contributed by atoms with Gasteiger partial charge in [-0.25, -0.2) is 0 Å². The van der Waals surface area contributed by atoms with Gasteiger partial charge in [0.1, 0.15) is 6.04 Å². The Morgan fingerprint density at radius 2 is 1.74 bits per heavy atom. The third-order valence-corrected chi connectivity index (χ3v) is 4.49. The fourth-order valence-electron chi connectivity index (χ4n) is 2.93. The van der Waals surface area contributed by atoms with Gasteiger partial charge in [0, 0.05) is 20.0 Å². The Bertz CT molecular complexity index is 760. The molecule has 1 heterocycles. The van der Waals surface area contributed by atoms with Crippen LogP contribution in [0, 0.1) is 0 Å². The first-order valence-electron chi connectivity index (χ1n) is 7.45. The molecule has 3 rings (SSSR count). The van der Waals surface area contributed by atoms with Gasteiger partial charge >= 0.3 is 0 Å². The summed E-state index contributed by atoms with van der Waals surface area (Å²) in [5, 5.41) is 3.05. The highest BCUT2D eigenvalue weighted by molar-refractivity contribution is 6.33. The van der Waals surface area contributed by atoms with Crippen molar-refractivity contribution in [3.63, 3.8) is 0 Å². The first kappa shape index (κ1) is 15.6. The Morgan fingerprint density at radius 1 is 1.09 bits per heavy atom. The molecule has 1 aliphatic rings. The number of nitrogens with zero attached hydrogens (tertiary/aromatic N) is 1. The van der Waals surface area contributed by atoms with Crippen molar-refractivity contribution >= 4 is 23.4 Å². The van der Waals surface area contributed by atoms with Crippen molar-refractivity contribution < 1.29 is 9.59 Å². The maximum atomic E-state index is 12.9. The van der Waals surface area contributed by atoms with Crippen LogP contribution in [0.2, 0.25) is 5.02 Å². The highest BCUT2D eigenvalue weighted by Crippen LogP contribution is 2.27. The lowest BCUT2D eigenvalue weighted by atomic mass is 9.93. The van der Waals surface area contributed by atoms with Crippen LogP contribution in [-0.2, 0) is 17.8 Å². The summed E-state index contributed by atoms with van der Waals surface area (Å²) in [6.07, 6.45) is 0.506. The zero-order valence-corrected chi connectivity index (χ0v) is 13.5. The summed E-state index contributed by atoms with van der Waals surface area (Å²) >= 11 is 6.15. The average molecular weight is 329 g/mol. The lowest BCUT2D eigenvalue weighted by Crippen LogP contribution is -2.52. The van der Waals surface area contributed by atoms with Gasteiger partial charge in [0.15, 0.2) is 0 Å². The maximum Gasteiger partial charge on any atom is 0.256 e. The number of carbonyl (C=O) groups is 2. The lowest BCUT2D eigenvalue weighted by molar-refractivity contribution is -0.125. The molecule has 0 bridgehead atoms. The molecule has 23 heavy (non-hydrogen) atoms. The molecule has 0 aromatic heterocycles. The van der Waals surface area contributed by atoms with Crippen molar-refractivity contribution in [2.75, 3.05) is 7.05 Å². The predicted molar refractivity (Wildman–Crippen MR) is 89.3 cm³/mol. The lowest BCUT2D eigenvalue weighted by Gasteiger charge is -2.36. The van der Waals surface area contributed by atoms with Gasteiger partial charge in [-0.2, -0.15) is 0 Å². The summed E-state index contributed by atoms with van der Waals surface area (Å²) in [5.74, 6) is -0.390. The van der Waals surface area contributed by atoms with E-state index in [9.17, 15) is 9.59 Å². The van der Waals surface area contributed by atoms with Crippen LogP contribution in [0.15, 0.2) is 48.5 Å². The Labute approximate surface area is 140 Å². The van der Waals surface area contributed by atoms with Gasteiger partial charge in [-0.15, -0.1) is 0 Å². The molecule has 2 aromatic rings. The quantitative estimate of drug-likeness (QED) is 0.921. The van der Waals surface area contributed by atoms with Gasteiger partial charge in [-0.05, 0) is 23.3 Å². The van der Waals surface area contributed by atoms with E-state index in [-0.39, 0.29) is 11.8 Å². The van der Waals surface area contributed by atoms with Crippen LogP contribution >= 0.6 is 11.6 Å². The fourth-order valence-corrected chi connectivity index (χ4v) is 3.14. The number of halogens is 1. The summed E-state index contributed by atoms with van der Waals surface area (Å²) in [4.78, 5) is 26.8. The first-order chi connectivity index (χ1) is 11.1. The fraction of sp³-hybridized carbons (Fsp3) is 0.222. The summed E-state index contributed by atoms with van der Waals surface area (Å²) in [6.45, 7) is 0.401. The Kier molecular flexibility index (Phi) is 4.35. The number of hydrogen-bond donors (Lipinski definition) is 1. The van der Waals surface area contributed by atoms with Gasteiger partial charge < -0.3 is 10.2 Å². The summed E-state index contributed by atoms with van der Waals surface area (Å²) < 4.78 is 0.